The van der Waals surface area contributed by atoms with E-state index in [2.05, 4.69) is 111 Å². The van der Waals surface area contributed by atoms with Gasteiger partial charge in [-0.05, 0) is 77.0 Å². The molecule has 0 aliphatic heterocycles. The number of unbranched alkanes of at least 4 members (excludes halogenated alkanes) is 23. The smallest absolute Gasteiger partial charge is 0.306 e. The van der Waals surface area contributed by atoms with Gasteiger partial charge in [-0.1, -0.05) is 246 Å². The zero-order valence-corrected chi connectivity index (χ0v) is 48.4. The molecule has 0 saturated carbocycles. The standard InChI is InChI=1S/C63H110NO8P/c1-6-8-10-12-14-16-18-19-20-21-22-23-24-25-26-27-28-29-30-31-32-33-34-35-36-37-38-39-40-41-42-43-44-45-46-48-50-52-54-56-63(66)72-61(60-71-73(67,68)70-58-57-64(3,4)5)59-69-62(65)55-53-51-49-47-17-15-13-11-9-7-2/h8,10,14,16,19-20,22-23,25-26,28-29,31-32,34-35,61H,6-7,9,11-13,15,17-18,21,24,27,30,33,36-60H2,1-5H3/b10-8-,16-14-,20-19-,23-22-,26-25-,29-28-,32-31-,35-34-. The van der Waals surface area contributed by atoms with Crippen molar-refractivity contribution in [2.75, 3.05) is 47.5 Å². The van der Waals surface area contributed by atoms with Crippen LogP contribution in [0.5, 0.6) is 0 Å². The first-order valence-electron chi connectivity index (χ1n) is 29.4. The van der Waals surface area contributed by atoms with Crippen molar-refractivity contribution in [3.63, 3.8) is 0 Å². The van der Waals surface area contributed by atoms with Crippen molar-refractivity contribution >= 4 is 19.8 Å². The molecule has 0 bridgehead atoms. The van der Waals surface area contributed by atoms with Crippen LogP contribution >= 0.6 is 7.82 Å². The van der Waals surface area contributed by atoms with Gasteiger partial charge in [0.25, 0.3) is 7.82 Å². The molecule has 0 saturated heterocycles. The molecule has 0 aromatic heterocycles. The normalized spacial score (nSPS) is 14.0. The molecule has 9 nitrogen and oxygen atoms in total. The van der Waals surface area contributed by atoms with E-state index in [0.29, 0.717) is 17.4 Å². The van der Waals surface area contributed by atoms with Crippen LogP contribution in [0.2, 0.25) is 0 Å². The number of likely N-dealkylation sites (N-methyl/N-ethyl adjacent to an activating group) is 1. The minimum atomic E-state index is -4.63. The largest absolute Gasteiger partial charge is 0.756 e. The minimum absolute atomic E-state index is 0.0324. The molecule has 0 spiro atoms. The lowest BCUT2D eigenvalue weighted by atomic mass is 10.0. The maximum Gasteiger partial charge on any atom is 0.306 e. The van der Waals surface area contributed by atoms with Crippen LogP contribution in [0.25, 0.3) is 0 Å². The summed E-state index contributed by atoms with van der Waals surface area (Å²) in [5.74, 6) is -0.834. The molecular weight excluding hydrogens is 930 g/mol. The second kappa shape index (κ2) is 53.7. The SMILES string of the molecule is CC/C=C\C/C=C\C/C=C\C/C=C\C/C=C\C/C=C\C/C=C\C/C=C\CCCCCCCCCCCCCCCCC(=O)OC(COC(=O)CCCCCCCCCCCC)COP(=O)([O-])OCC[N+](C)(C)C. The number of quaternary nitrogens is 1. The predicted octanol–water partition coefficient (Wildman–Crippen LogP) is 17.8. The monoisotopic (exact) mass is 1040 g/mol. The molecule has 2 unspecified atom stereocenters. The number of carbonyl (C=O) groups excluding carboxylic acids is 2. The molecule has 73 heavy (non-hydrogen) atoms. The first-order chi connectivity index (χ1) is 35.5. The average Bonchev–Trinajstić information content (AvgIpc) is 3.35. The quantitative estimate of drug-likeness (QED) is 0.0195. The van der Waals surface area contributed by atoms with Gasteiger partial charge in [-0.25, -0.2) is 0 Å². The van der Waals surface area contributed by atoms with Gasteiger partial charge in [-0.3, -0.25) is 14.2 Å². The van der Waals surface area contributed by atoms with Crippen molar-refractivity contribution in [2.24, 2.45) is 0 Å². The van der Waals surface area contributed by atoms with Gasteiger partial charge in [0, 0.05) is 12.8 Å². The number of nitrogens with zero attached hydrogens (tertiary/aromatic N) is 1. The fourth-order valence-corrected chi connectivity index (χ4v) is 8.58. The third-order valence-electron chi connectivity index (χ3n) is 12.4. The number of allylic oxidation sites excluding steroid dienone is 16. The molecule has 2 atom stereocenters. The first-order valence-corrected chi connectivity index (χ1v) is 30.9. The molecule has 0 aromatic carbocycles. The Bertz CT molecular complexity index is 1550. The highest BCUT2D eigenvalue weighted by Gasteiger charge is 2.22. The number of carbonyl (C=O) groups is 2. The Balaban J connectivity index is 3.98. The molecule has 0 aliphatic carbocycles. The Morgan fingerprint density at radius 1 is 0.438 bits per heavy atom. The van der Waals surface area contributed by atoms with Crippen LogP contribution in [0, 0.1) is 0 Å². The lowest BCUT2D eigenvalue weighted by molar-refractivity contribution is -0.870. The number of hydrogen-bond donors (Lipinski definition) is 0. The summed E-state index contributed by atoms with van der Waals surface area (Å²) in [5.41, 5.74) is 0. The summed E-state index contributed by atoms with van der Waals surface area (Å²) < 4.78 is 34.0. The number of esters is 2. The van der Waals surface area contributed by atoms with E-state index >= 15 is 0 Å². The summed E-state index contributed by atoms with van der Waals surface area (Å²) in [7, 11) is 1.16. The van der Waals surface area contributed by atoms with Gasteiger partial charge >= 0.3 is 11.9 Å². The van der Waals surface area contributed by atoms with Crippen LogP contribution in [0.3, 0.4) is 0 Å². The van der Waals surface area contributed by atoms with E-state index < -0.39 is 26.5 Å². The number of rotatable bonds is 53. The third-order valence-corrected chi connectivity index (χ3v) is 13.3. The van der Waals surface area contributed by atoms with Gasteiger partial charge in [0.05, 0.1) is 27.7 Å². The zero-order chi connectivity index (χ0) is 53.5. The summed E-state index contributed by atoms with van der Waals surface area (Å²) in [6, 6.07) is 0. The second-order valence-corrected chi connectivity index (χ2v) is 22.0. The van der Waals surface area contributed by atoms with Crippen molar-refractivity contribution in [1.82, 2.24) is 0 Å². The van der Waals surface area contributed by atoms with E-state index in [9.17, 15) is 19.0 Å². The predicted molar refractivity (Wildman–Crippen MR) is 309 cm³/mol. The third kappa shape index (κ3) is 58.1. The average molecular weight is 1040 g/mol. The van der Waals surface area contributed by atoms with Gasteiger partial charge < -0.3 is 27.9 Å². The Labute approximate surface area is 449 Å². The first kappa shape index (κ1) is 69.9. The fraction of sp³-hybridized carbons (Fsp3) is 0.714. The van der Waals surface area contributed by atoms with Crippen LogP contribution in [-0.2, 0) is 32.7 Å². The van der Waals surface area contributed by atoms with E-state index in [1.807, 2.05) is 21.1 Å². The zero-order valence-electron chi connectivity index (χ0n) is 47.6. The van der Waals surface area contributed by atoms with E-state index in [1.165, 1.54) is 116 Å². The Hall–Kier alpha value is -3.07. The van der Waals surface area contributed by atoms with E-state index in [1.54, 1.807) is 0 Å². The lowest BCUT2D eigenvalue weighted by Gasteiger charge is -2.28. The molecule has 0 heterocycles. The minimum Gasteiger partial charge on any atom is -0.756 e. The number of phosphoric ester groups is 1. The van der Waals surface area contributed by atoms with Gasteiger partial charge in [0.1, 0.15) is 19.8 Å². The summed E-state index contributed by atoms with van der Waals surface area (Å²) in [4.78, 5) is 37.7. The number of phosphoric acid groups is 1. The van der Waals surface area contributed by atoms with Crippen molar-refractivity contribution in [3.05, 3.63) is 97.2 Å². The Morgan fingerprint density at radius 2 is 0.781 bits per heavy atom. The Kier molecular flexibility index (Phi) is 51.5. The fourth-order valence-electron chi connectivity index (χ4n) is 7.85. The topological polar surface area (TPSA) is 111 Å². The summed E-state index contributed by atoms with van der Waals surface area (Å²) in [6.07, 6.45) is 73.3. The second-order valence-electron chi connectivity index (χ2n) is 20.6. The van der Waals surface area contributed by atoms with Gasteiger partial charge in [-0.15, -0.1) is 0 Å². The van der Waals surface area contributed by atoms with Crippen molar-refractivity contribution in [3.8, 4) is 0 Å². The maximum atomic E-state index is 12.8. The number of ether oxygens (including phenoxy) is 2. The van der Waals surface area contributed by atoms with Crippen LogP contribution in [0.1, 0.15) is 239 Å². The molecule has 0 rings (SSSR count). The number of hydrogen-bond acceptors (Lipinski definition) is 8. The van der Waals surface area contributed by atoms with Gasteiger partial charge in [-0.2, -0.15) is 0 Å². The molecule has 0 radical (unpaired) electrons. The summed E-state index contributed by atoms with van der Waals surface area (Å²) in [6.45, 7) is 4.10. The summed E-state index contributed by atoms with van der Waals surface area (Å²) in [5, 5.41) is 0. The summed E-state index contributed by atoms with van der Waals surface area (Å²) >= 11 is 0. The van der Waals surface area contributed by atoms with Gasteiger partial charge in [0.15, 0.2) is 6.10 Å². The molecule has 0 amide bonds. The molecule has 0 aliphatic rings. The van der Waals surface area contributed by atoms with E-state index in [4.69, 9.17) is 18.5 Å². The molecule has 0 aromatic rings. The van der Waals surface area contributed by atoms with Crippen molar-refractivity contribution in [1.29, 1.82) is 0 Å². The molecule has 420 valence electrons. The van der Waals surface area contributed by atoms with Gasteiger partial charge in [0.2, 0.25) is 0 Å². The van der Waals surface area contributed by atoms with Crippen molar-refractivity contribution < 1.29 is 42.1 Å². The van der Waals surface area contributed by atoms with Crippen molar-refractivity contribution in [2.45, 2.75) is 245 Å². The lowest BCUT2D eigenvalue weighted by Crippen LogP contribution is -2.37. The maximum absolute atomic E-state index is 12.8. The van der Waals surface area contributed by atoms with Crippen LogP contribution in [-0.4, -0.2) is 70.0 Å². The van der Waals surface area contributed by atoms with Crippen LogP contribution < -0.4 is 4.89 Å². The molecule has 0 fully saturated rings. The highest BCUT2D eigenvalue weighted by molar-refractivity contribution is 7.45. The highest BCUT2D eigenvalue weighted by atomic mass is 31.2. The Morgan fingerprint density at radius 3 is 1.16 bits per heavy atom. The molecule has 10 heteroatoms. The highest BCUT2D eigenvalue weighted by Crippen LogP contribution is 2.38. The van der Waals surface area contributed by atoms with E-state index in [-0.39, 0.29) is 32.0 Å². The van der Waals surface area contributed by atoms with Crippen LogP contribution in [0.15, 0.2) is 97.2 Å². The molecular formula is C63H110NO8P. The van der Waals surface area contributed by atoms with Crippen LogP contribution in [0.4, 0.5) is 0 Å². The molecule has 0 N–H and O–H groups in total. The van der Waals surface area contributed by atoms with E-state index in [0.717, 1.165) is 89.9 Å².